The van der Waals surface area contributed by atoms with E-state index in [4.69, 9.17) is 4.42 Å². The number of benzene rings is 2. The van der Waals surface area contributed by atoms with Crippen LogP contribution in [0.5, 0.6) is 0 Å². The van der Waals surface area contributed by atoms with Gasteiger partial charge in [-0.1, -0.05) is 42.4 Å². The molecule has 0 aliphatic rings. The molecule has 7 nitrogen and oxygen atoms in total. The molecule has 0 aliphatic heterocycles. The largest absolute Gasteiger partial charge is 0.407 e. The van der Waals surface area contributed by atoms with Crippen molar-refractivity contribution in [3.05, 3.63) is 66.1 Å². The minimum Gasteiger partial charge on any atom is -0.407 e. The Hall–Kier alpha value is -2.65. The van der Waals surface area contributed by atoms with Gasteiger partial charge in [0.2, 0.25) is 11.8 Å². The smallest absolute Gasteiger partial charge is 0.322 e. The summed E-state index contributed by atoms with van der Waals surface area (Å²) in [6, 6.07) is 16.1. The Balaban J connectivity index is 1.52. The van der Waals surface area contributed by atoms with Crippen LogP contribution in [0, 0.1) is 0 Å². The summed E-state index contributed by atoms with van der Waals surface area (Å²) in [6.45, 7) is 2.10. The van der Waals surface area contributed by atoms with Crippen LogP contribution >= 0.6 is 11.8 Å². The fraction of sp³-hybridized carbons (Fsp3) is 0.250. The van der Waals surface area contributed by atoms with E-state index in [0.717, 1.165) is 11.3 Å². The molecule has 29 heavy (non-hydrogen) atoms. The van der Waals surface area contributed by atoms with E-state index in [1.54, 1.807) is 30.0 Å². The maximum Gasteiger partial charge on any atom is 0.322 e. The SMILES string of the molecule is CCSc1ccc(Cc2nnc(NC(=O)CCS(=O)(=O)c3ccccc3)o2)cc1. The fourth-order valence-electron chi connectivity index (χ4n) is 2.57. The number of aromatic nitrogens is 2. The second kappa shape index (κ2) is 9.71. The van der Waals surface area contributed by atoms with E-state index in [0.29, 0.717) is 12.3 Å². The molecule has 0 spiro atoms. The monoisotopic (exact) mass is 431 g/mol. The van der Waals surface area contributed by atoms with Crippen molar-refractivity contribution < 1.29 is 17.6 Å². The molecule has 152 valence electrons. The molecule has 1 amide bonds. The zero-order valence-corrected chi connectivity index (χ0v) is 17.5. The van der Waals surface area contributed by atoms with Crippen molar-refractivity contribution in [2.45, 2.75) is 29.6 Å². The van der Waals surface area contributed by atoms with Crippen LogP contribution in [0.3, 0.4) is 0 Å². The average molecular weight is 432 g/mol. The maximum absolute atomic E-state index is 12.2. The van der Waals surface area contributed by atoms with E-state index in [2.05, 4.69) is 22.4 Å². The molecule has 0 aliphatic carbocycles. The van der Waals surface area contributed by atoms with E-state index < -0.39 is 15.7 Å². The minimum atomic E-state index is -3.52. The zero-order chi connectivity index (χ0) is 20.7. The summed E-state index contributed by atoms with van der Waals surface area (Å²) in [6.07, 6.45) is 0.244. The Morgan fingerprint density at radius 1 is 1.07 bits per heavy atom. The molecule has 0 radical (unpaired) electrons. The summed E-state index contributed by atoms with van der Waals surface area (Å²) >= 11 is 1.76. The van der Waals surface area contributed by atoms with Gasteiger partial charge in [-0.05, 0) is 35.6 Å². The molecule has 0 fully saturated rings. The molecule has 3 aromatic rings. The minimum absolute atomic E-state index is 0.0414. The summed E-state index contributed by atoms with van der Waals surface area (Å²) in [5.74, 6) is 0.582. The number of carbonyl (C=O) groups excluding carboxylic acids is 1. The molecule has 0 saturated heterocycles. The summed E-state index contributed by atoms with van der Waals surface area (Å²) in [7, 11) is -3.52. The average Bonchev–Trinajstić information content (AvgIpc) is 3.15. The highest BCUT2D eigenvalue weighted by Gasteiger charge is 2.17. The molecule has 0 atom stereocenters. The van der Waals surface area contributed by atoms with Gasteiger partial charge in [0.25, 0.3) is 0 Å². The maximum atomic E-state index is 12.2. The number of anilines is 1. The van der Waals surface area contributed by atoms with Crippen molar-refractivity contribution >= 4 is 33.5 Å². The van der Waals surface area contributed by atoms with Gasteiger partial charge in [0, 0.05) is 11.3 Å². The lowest BCUT2D eigenvalue weighted by Gasteiger charge is -2.04. The van der Waals surface area contributed by atoms with Gasteiger partial charge in [-0.25, -0.2) is 8.42 Å². The van der Waals surface area contributed by atoms with Gasteiger partial charge in [0.05, 0.1) is 17.1 Å². The first-order chi connectivity index (χ1) is 14.0. The molecule has 0 unspecified atom stereocenters. The van der Waals surface area contributed by atoms with E-state index in [1.807, 2.05) is 24.3 Å². The first-order valence-electron chi connectivity index (χ1n) is 9.08. The third-order valence-electron chi connectivity index (χ3n) is 4.00. The number of nitrogens with zero attached hydrogens (tertiary/aromatic N) is 2. The number of amides is 1. The number of hydrogen-bond donors (Lipinski definition) is 1. The topological polar surface area (TPSA) is 102 Å². The van der Waals surface area contributed by atoms with Gasteiger partial charge in [0.15, 0.2) is 9.84 Å². The predicted molar refractivity (Wildman–Crippen MR) is 112 cm³/mol. The van der Waals surface area contributed by atoms with Gasteiger partial charge < -0.3 is 4.42 Å². The van der Waals surface area contributed by atoms with E-state index in [-0.39, 0.29) is 23.1 Å². The molecule has 9 heteroatoms. The molecular formula is C20H21N3O4S2. The Kier molecular flexibility index (Phi) is 7.05. The molecule has 1 N–H and O–H groups in total. The fourth-order valence-corrected chi connectivity index (χ4v) is 4.50. The third kappa shape index (κ3) is 6.16. The van der Waals surface area contributed by atoms with Crippen LogP contribution < -0.4 is 5.32 Å². The van der Waals surface area contributed by atoms with E-state index >= 15 is 0 Å². The molecule has 1 heterocycles. The quantitative estimate of drug-likeness (QED) is 0.517. The summed E-state index contributed by atoms with van der Waals surface area (Å²) in [5, 5.41) is 10.2. The zero-order valence-electron chi connectivity index (χ0n) is 15.9. The predicted octanol–water partition coefficient (Wildman–Crippen LogP) is 3.57. The summed E-state index contributed by atoms with van der Waals surface area (Å²) in [4.78, 5) is 13.4. The lowest BCUT2D eigenvalue weighted by Crippen LogP contribution is -2.17. The van der Waals surface area contributed by atoms with E-state index in [1.165, 1.54) is 17.0 Å². The number of thioether (sulfide) groups is 1. The van der Waals surface area contributed by atoms with Crippen LogP contribution in [-0.4, -0.2) is 36.0 Å². The number of nitrogens with one attached hydrogen (secondary N) is 1. The van der Waals surface area contributed by atoms with Crippen molar-refractivity contribution in [1.29, 1.82) is 0 Å². The molecule has 3 rings (SSSR count). The number of carbonyl (C=O) groups is 1. The highest BCUT2D eigenvalue weighted by atomic mass is 32.2. The molecule has 2 aromatic carbocycles. The van der Waals surface area contributed by atoms with Gasteiger partial charge >= 0.3 is 6.01 Å². The van der Waals surface area contributed by atoms with Gasteiger partial charge in [-0.15, -0.1) is 16.9 Å². The van der Waals surface area contributed by atoms with E-state index in [9.17, 15) is 13.2 Å². The lowest BCUT2D eigenvalue weighted by atomic mass is 10.1. The number of rotatable bonds is 9. The Morgan fingerprint density at radius 3 is 2.48 bits per heavy atom. The van der Waals surface area contributed by atoms with Crippen molar-refractivity contribution in [2.24, 2.45) is 0 Å². The molecular weight excluding hydrogens is 410 g/mol. The normalized spacial score (nSPS) is 11.3. The third-order valence-corrected chi connectivity index (χ3v) is 6.63. The van der Waals surface area contributed by atoms with Crippen LogP contribution in [0.15, 0.2) is 68.8 Å². The van der Waals surface area contributed by atoms with Crippen LogP contribution in [0.2, 0.25) is 0 Å². The summed E-state index contributed by atoms with van der Waals surface area (Å²) < 4.78 is 29.9. The standard InChI is InChI=1S/C20H21N3O4S2/c1-2-28-16-10-8-15(9-11-16)14-19-22-23-20(27-19)21-18(24)12-13-29(25,26)17-6-4-3-5-7-17/h3-11H,2,12-14H2,1H3,(H,21,23,24). The van der Waals surface area contributed by atoms with Crippen LogP contribution in [-0.2, 0) is 21.1 Å². The molecule has 0 bridgehead atoms. The first-order valence-corrected chi connectivity index (χ1v) is 11.7. The van der Waals surface area contributed by atoms with Gasteiger partial charge in [-0.2, -0.15) is 0 Å². The van der Waals surface area contributed by atoms with Crippen molar-refractivity contribution in [3.63, 3.8) is 0 Å². The number of hydrogen-bond acceptors (Lipinski definition) is 7. The van der Waals surface area contributed by atoms with Crippen LogP contribution in [0.25, 0.3) is 0 Å². The second-order valence-electron chi connectivity index (χ2n) is 6.18. The Labute approximate surface area is 173 Å². The van der Waals surface area contributed by atoms with Crippen molar-refractivity contribution in [2.75, 3.05) is 16.8 Å². The summed E-state index contributed by atoms with van der Waals surface area (Å²) in [5.41, 5.74) is 1.01. The van der Waals surface area contributed by atoms with Gasteiger partial charge in [0.1, 0.15) is 0 Å². The highest BCUT2D eigenvalue weighted by Crippen LogP contribution is 2.19. The Bertz CT molecular complexity index is 1050. The Morgan fingerprint density at radius 2 is 1.79 bits per heavy atom. The molecule has 1 aromatic heterocycles. The van der Waals surface area contributed by atoms with Crippen molar-refractivity contribution in [1.82, 2.24) is 10.2 Å². The highest BCUT2D eigenvalue weighted by molar-refractivity contribution is 7.99. The first kappa shape index (κ1) is 21.1. The lowest BCUT2D eigenvalue weighted by molar-refractivity contribution is -0.116. The second-order valence-corrected chi connectivity index (χ2v) is 9.63. The van der Waals surface area contributed by atoms with Crippen LogP contribution in [0.4, 0.5) is 6.01 Å². The molecule has 0 saturated carbocycles. The van der Waals surface area contributed by atoms with Crippen LogP contribution in [0.1, 0.15) is 24.8 Å². The number of sulfone groups is 1. The van der Waals surface area contributed by atoms with Crippen molar-refractivity contribution in [3.8, 4) is 0 Å². The van der Waals surface area contributed by atoms with Gasteiger partial charge in [-0.3, -0.25) is 10.1 Å².